The van der Waals surface area contributed by atoms with Gasteiger partial charge in [0.1, 0.15) is 11.6 Å². The van der Waals surface area contributed by atoms with Crippen LogP contribution in [0.15, 0.2) is 29.1 Å². The van der Waals surface area contributed by atoms with Gasteiger partial charge in [0.25, 0.3) is 0 Å². The van der Waals surface area contributed by atoms with Crippen molar-refractivity contribution in [1.82, 2.24) is 10.6 Å². The zero-order valence-electron chi connectivity index (χ0n) is 24.8. The molecule has 0 bridgehead atoms. The summed E-state index contributed by atoms with van der Waals surface area (Å²) in [5.74, 6) is -0.338. The first-order valence-corrected chi connectivity index (χ1v) is 13.2. The predicted molar refractivity (Wildman–Crippen MR) is 152 cm³/mol. The molecule has 0 radical (unpaired) electrons. The van der Waals surface area contributed by atoms with Gasteiger partial charge in [0.05, 0.1) is 40.9 Å². The number of rotatable bonds is 9. The first-order valence-electron chi connectivity index (χ1n) is 13.2. The zero-order chi connectivity index (χ0) is 30.5. The van der Waals surface area contributed by atoms with Crippen LogP contribution >= 0.6 is 0 Å². The molecule has 0 unspecified atom stereocenters. The number of hydrogen-bond donors (Lipinski definition) is 2. The van der Waals surface area contributed by atoms with Crippen molar-refractivity contribution in [3.63, 3.8) is 0 Å². The number of carbonyl (C=O) groups excluding carboxylic acids is 3. The first kappa shape index (κ1) is 31.3. The maximum Gasteiger partial charge on any atom is 0.308 e. The minimum absolute atomic E-state index is 0.116. The molecule has 1 aliphatic carbocycles. The van der Waals surface area contributed by atoms with Gasteiger partial charge >= 0.3 is 5.97 Å². The number of carbonyl (C=O) groups is 3. The molecule has 0 aliphatic heterocycles. The Labute approximate surface area is 239 Å². The molecule has 0 aromatic heterocycles. The molecule has 2 aromatic carbocycles. The second-order valence-corrected chi connectivity index (χ2v) is 10.6. The maximum absolute atomic E-state index is 13.6. The molecular weight excluding hydrogens is 532 g/mol. The third-order valence-electron chi connectivity index (χ3n) is 6.52. The van der Waals surface area contributed by atoms with Gasteiger partial charge in [0, 0.05) is 12.5 Å². The molecule has 11 heteroatoms. The molecule has 0 heterocycles. The Bertz CT molecular complexity index is 1380. The quantitative estimate of drug-likeness (QED) is 0.436. The van der Waals surface area contributed by atoms with E-state index in [-0.39, 0.29) is 17.6 Å². The Hall–Kier alpha value is -4.28. The van der Waals surface area contributed by atoms with E-state index in [9.17, 15) is 19.2 Å². The van der Waals surface area contributed by atoms with Crippen molar-refractivity contribution in [3.8, 4) is 34.1 Å². The van der Waals surface area contributed by atoms with Crippen LogP contribution in [0.1, 0.15) is 57.7 Å². The third kappa shape index (κ3) is 7.27. The van der Waals surface area contributed by atoms with E-state index in [2.05, 4.69) is 10.6 Å². The third-order valence-corrected chi connectivity index (χ3v) is 6.52. The zero-order valence-corrected chi connectivity index (χ0v) is 24.8. The lowest BCUT2D eigenvalue weighted by molar-refractivity contribution is -0.156. The molecule has 2 amide bonds. The van der Waals surface area contributed by atoms with Crippen molar-refractivity contribution in [2.45, 2.75) is 64.6 Å². The van der Waals surface area contributed by atoms with Gasteiger partial charge < -0.3 is 34.3 Å². The van der Waals surface area contributed by atoms with Gasteiger partial charge in [-0.05, 0) is 68.5 Å². The summed E-state index contributed by atoms with van der Waals surface area (Å²) in [6.45, 7) is 6.40. The number of benzene rings is 1. The molecule has 2 aromatic rings. The monoisotopic (exact) mass is 570 g/mol. The Morgan fingerprint density at radius 3 is 2.17 bits per heavy atom. The van der Waals surface area contributed by atoms with Crippen molar-refractivity contribution in [2.75, 3.05) is 28.4 Å². The van der Waals surface area contributed by atoms with Crippen LogP contribution in [-0.4, -0.2) is 57.9 Å². The lowest BCUT2D eigenvalue weighted by Crippen LogP contribution is -2.48. The van der Waals surface area contributed by atoms with Crippen LogP contribution in [0.25, 0.3) is 11.1 Å². The standard InChI is InChI=1S/C30H38N2O9/c1-16(33)31-21(15-25(35)41-30(2,3)4)29(36)32-20-11-9-17-13-24(38-6)27(39-7)28(40-8)26(17)18-10-12-23(37-5)22(34)14-19(18)20/h10,12-14,20-21H,9,11,15H2,1-8H3,(H,31,33)(H,32,36)/t20-,21+/m0/s1. The Balaban J connectivity index is 2.14. The number of fused-ring (bicyclic) bond motifs is 3. The number of hydrogen-bond acceptors (Lipinski definition) is 9. The van der Waals surface area contributed by atoms with Crippen LogP contribution in [0.4, 0.5) is 0 Å². The average Bonchev–Trinajstić information content (AvgIpc) is 3.14. The Kier molecular flexibility index (Phi) is 9.85. The lowest BCUT2D eigenvalue weighted by atomic mass is 9.95. The number of ether oxygens (including phenoxy) is 5. The summed E-state index contributed by atoms with van der Waals surface area (Å²) in [5.41, 5.74) is 1.51. The van der Waals surface area contributed by atoms with Crippen molar-refractivity contribution in [1.29, 1.82) is 0 Å². The van der Waals surface area contributed by atoms with Crippen molar-refractivity contribution in [3.05, 3.63) is 45.6 Å². The maximum atomic E-state index is 13.6. The Morgan fingerprint density at radius 1 is 0.951 bits per heavy atom. The van der Waals surface area contributed by atoms with E-state index in [4.69, 9.17) is 23.7 Å². The van der Waals surface area contributed by atoms with Gasteiger partial charge in [0.15, 0.2) is 17.2 Å². The minimum Gasteiger partial charge on any atom is -0.493 e. The second-order valence-electron chi connectivity index (χ2n) is 10.6. The summed E-state index contributed by atoms with van der Waals surface area (Å²) in [5, 5.41) is 5.49. The summed E-state index contributed by atoms with van der Waals surface area (Å²) in [4.78, 5) is 51.1. The van der Waals surface area contributed by atoms with E-state index in [0.717, 1.165) is 5.56 Å². The normalized spacial score (nSPS) is 14.8. The van der Waals surface area contributed by atoms with Gasteiger partial charge in [0.2, 0.25) is 23.0 Å². The number of amides is 2. The minimum atomic E-state index is -1.19. The number of aryl methyl sites for hydroxylation is 1. The van der Waals surface area contributed by atoms with Gasteiger partial charge in [-0.2, -0.15) is 0 Å². The van der Waals surface area contributed by atoms with Gasteiger partial charge in [-0.15, -0.1) is 0 Å². The van der Waals surface area contributed by atoms with Crippen molar-refractivity contribution < 1.29 is 38.1 Å². The fourth-order valence-corrected chi connectivity index (χ4v) is 4.89. The Morgan fingerprint density at radius 2 is 1.61 bits per heavy atom. The molecule has 41 heavy (non-hydrogen) atoms. The molecule has 0 saturated carbocycles. The van der Waals surface area contributed by atoms with E-state index >= 15 is 0 Å². The first-order chi connectivity index (χ1) is 19.3. The molecule has 0 saturated heterocycles. The molecule has 11 nitrogen and oxygen atoms in total. The van der Waals surface area contributed by atoms with Crippen LogP contribution in [-0.2, 0) is 25.5 Å². The van der Waals surface area contributed by atoms with Crippen LogP contribution in [0.2, 0.25) is 0 Å². The largest absolute Gasteiger partial charge is 0.493 e. The lowest BCUT2D eigenvalue weighted by Gasteiger charge is -2.25. The van der Waals surface area contributed by atoms with Gasteiger partial charge in [-0.25, -0.2) is 0 Å². The summed E-state index contributed by atoms with van der Waals surface area (Å²) in [6.07, 6.45) is 0.487. The number of nitrogens with one attached hydrogen (secondary N) is 2. The van der Waals surface area contributed by atoms with Crippen LogP contribution in [0.3, 0.4) is 0 Å². The topological polar surface area (TPSA) is 138 Å². The summed E-state index contributed by atoms with van der Waals surface area (Å²) in [6, 6.07) is 4.70. The highest BCUT2D eigenvalue weighted by atomic mass is 16.6. The highest BCUT2D eigenvalue weighted by Gasteiger charge is 2.32. The van der Waals surface area contributed by atoms with Gasteiger partial charge in [-0.3, -0.25) is 19.2 Å². The van der Waals surface area contributed by atoms with Crippen molar-refractivity contribution in [2.24, 2.45) is 0 Å². The molecule has 0 spiro atoms. The van der Waals surface area contributed by atoms with E-state index in [0.29, 0.717) is 46.8 Å². The summed E-state index contributed by atoms with van der Waals surface area (Å²) in [7, 11) is 5.94. The summed E-state index contributed by atoms with van der Waals surface area (Å²) < 4.78 is 27.6. The number of methoxy groups -OCH3 is 4. The van der Waals surface area contributed by atoms with Crippen LogP contribution < -0.4 is 35.0 Å². The van der Waals surface area contributed by atoms with Gasteiger partial charge in [-0.1, -0.05) is 6.07 Å². The SMILES string of the molecule is COc1cc2c(c(OC)c1OC)-c1ccc(OC)c(=O)cc1[C@@H](NC(=O)[C@@H](CC(=O)OC(C)(C)C)NC(C)=O)CC2. The smallest absolute Gasteiger partial charge is 0.308 e. The van der Waals surface area contributed by atoms with Crippen molar-refractivity contribution >= 4 is 17.8 Å². The highest BCUT2D eigenvalue weighted by molar-refractivity contribution is 5.91. The van der Waals surface area contributed by atoms with E-state index < -0.39 is 35.5 Å². The van der Waals surface area contributed by atoms with E-state index in [1.807, 2.05) is 6.07 Å². The fourth-order valence-electron chi connectivity index (χ4n) is 4.89. The van der Waals surface area contributed by atoms with Crippen LogP contribution in [0, 0.1) is 0 Å². The molecule has 2 atom stereocenters. The molecule has 3 rings (SSSR count). The molecular formula is C30H38N2O9. The number of esters is 1. The average molecular weight is 571 g/mol. The predicted octanol–water partition coefficient (Wildman–Crippen LogP) is 3.09. The molecule has 2 N–H and O–H groups in total. The van der Waals surface area contributed by atoms with E-state index in [1.165, 1.54) is 41.4 Å². The fraction of sp³-hybridized carbons (Fsp3) is 0.467. The molecule has 1 aliphatic rings. The van der Waals surface area contributed by atoms with E-state index in [1.54, 1.807) is 32.9 Å². The molecule has 222 valence electrons. The molecule has 0 fully saturated rings. The van der Waals surface area contributed by atoms with Crippen LogP contribution in [0.5, 0.6) is 23.0 Å². The highest BCUT2D eigenvalue weighted by Crippen LogP contribution is 2.50. The summed E-state index contributed by atoms with van der Waals surface area (Å²) >= 11 is 0. The second kappa shape index (κ2) is 12.9.